The Balaban J connectivity index is 1.85. The number of nitrogens with zero attached hydrogens (tertiary/aromatic N) is 5. The van der Waals surface area contributed by atoms with Gasteiger partial charge in [-0.3, -0.25) is 19.7 Å². The number of aromatic nitrogens is 3. The average molecular weight is 396 g/mol. The van der Waals surface area contributed by atoms with E-state index in [1.54, 1.807) is 35.2 Å². The van der Waals surface area contributed by atoms with Gasteiger partial charge in [-0.2, -0.15) is 0 Å². The van der Waals surface area contributed by atoms with E-state index in [0.29, 0.717) is 22.8 Å². The molecule has 0 bridgehead atoms. The lowest BCUT2D eigenvalue weighted by Gasteiger charge is -2.25. The Bertz CT molecular complexity index is 1040. The van der Waals surface area contributed by atoms with Crippen molar-refractivity contribution in [3.05, 3.63) is 52.8 Å². The van der Waals surface area contributed by atoms with Crippen LogP contribution in [0.2, 0.25) is 0 Å². The third kappa shape index (κ3) is 4.54. The van der Waals surface area contributed by atoms with Crippen molar-refractivity contribution in [1.82, 2.24) is 19.4 Å². The Hall–Kier alpha value is -3.82. The number of imidazole rings is 1. The molecule has 0 spiro atoms. The fraction of sp³-hybridized carbons (Fsp3) is 0.263. The second kappa shape index (κ2) is 8.05. The first-order chi connectivity index (χ1) is 13.7. The van der Waals surface area contributed by atoms with Gasteiger partial charge < -0.3 is 15.2 Å². The molecule has 2 N–H and O–H groups in total. The Morgan fingerprint density at radius 1 is 1.24 bits per heavy atom. The zero-order valence-electron chi connectivity index (χ0n) is 16.0. The number of carbonyl (C=O) groups is 2. The van der Waals surface area contributed by atoms with Crippen LogP contribution in [-0.4, -0.2) is 48.8 Å². The molecule has 2 heterocycles. The first-order valence-corrected chi connectivity index (χ1v) is 8.90. The van der Waals surface area contributed by atoms with Gasteiger partial charge in [0.15, 0.2) is 5.82 Å². The van der Waals surface area contributed by atoms with Crippen LogP contribution in [0.25, 0.3) is 22.8 Å². The predicted octanol–water partition coefficient (Wildman–Crippen LogP) is 1.68. The summed E-state index contributed by atoms with van der Waals surface area (Å²) in [4.78, 5) is 44.5. The highest BCUT2D eigenvalue weighted by molar-refractivity contribution is 5.84. The number of non-ortho nitro benzene ring substituents is 1. The highest BCUT2D eigenvalue weighted by Gasteiger charge is 2.20. The van der Waals surface area contributed by atoms with Crippen molar-refractivity contribution in [2.24, 2.45) is 5.73 Å². The summed E-state index contributed by atoms with van der Waals surface area (Å²) in [6.45, 7) is 3.48. The molecule has 10 nitrogen and oxygen atoms in total. The van der Waals surface area contributed by atoms with E-state index in [-0.39, 0.29) is 30.7 Å². The number of hydrogen-bond acceptors (Lipinski definition) is 6. The quantitative estimate of drug-likeness (QED) is 0.476. The van der Waals surface area contributed by atoms with Crippen molar-refractivity contribution in [3.8, 4) is 22.8 Å². The molecule has 0 atom stereocenters. The number of benzene rings is 1. The van der Waals surface area contributed by atoms with Crippen LogP contribution in [0.15, 0.2) is 42.7 Å². The molecule has 1 aromatic rings. The first kappa shape index (κ1) is 19.9. The lowest BCUT2D eigenvalue weighted by atomic mass is 10.2. The van der Waals surface area contributed by atoms with Crippen LogP contribution < -0.4 is 5.73 Å². The molecule has 0 fully saturated rings. The van der Waals surface area contributed by atoms with E-state index >= 15 is 0 Å². The van der Waals surface area contributed by atoms with Crippen LogP contribution in [0.4, 0.5) is 5.69 Å². The molecule has 2 aliphatic heterocycles. The van der Waals surface area contributed by atoms with Crippen molar-refractivity contribution in [2.45, 2.75) is 26.4 Å². The minimum atomic E-state index is -0.573. The normalized spacial score (nSPS) is 11.0. The summed E-state index contributed by atoms with van der Waals surface area (Å²) in [6, 6.07) is 7.63. The molecule has 0 saturated carbocycles. The second-order valence-electron chi connectivity index (χ2n) is 6.82. The van der Waals surface area contributed by atoms with Gasteiger partial charge in [-0.15, -0.1) is 0 Å². The van der Waals surface area contributed by atoms with Crippen molar-refractivity contribution < 1.29 is 14.5 Å². The summed E-state index contributed by atoms with van der Waals surface area (Å²) >= 11 is 0. The summed E-state index contributed by atoms with van der Waals surface area (Å²) in [5, 5.41) is 11.0. The number of nitro benzene ring substituents is 1. The third-order valence-corrected chi connectivity index (χ3v) is 4.33. The number of fused-ring (bicyclic) bond motifs is 1. The predicted molar refractivity (Wildman–Crippen MR) is 105 cm³/mol. The Kier molecular flexibility index (Phi) is 5.53. The number of hydrogen-bond donors (Lipinski definition) is 1. The van der Waals surface area contributed by atoms with Crippen molar-refractivity contribution in [2.75, 3.05) is 6.54 Å². The molecule has 0 aliphatic carbocycles. The molecular weight excluding hydrogens is 376 g/mol. The third-order valence-electron chi connectivity index (χ3n) is 4.33. The van der Waals surface area contributed by atoms with E-state index in [1.807, 2.05) is 13.8 Å². The number of rotatable bonds is 7. The smallest absolute Gasteiger partial charge is 0.270 e. The molecule has 1 aromatic carbocycles. The van der Waals surface area contributed by atoms with Gasteiger partial charge >= 0.3 is 0 Å². The zero-order valence-corrected chi connectivity index (χ0v) is 16.0. The lowest BCUT2D eigenvalue weighted by Crippen LogP contribution is -2.44. The summed E-state index contributed by atoms with van der Waals surface area (Å²) in [5.74, 6) is -0.456. The second-order valence-corrected chi connectivity index (χ2v) is 6.82. The maximum absolute atomic E-state index is 12.6. The van der Waals surface area contributed by atoms with Crippen LogP contribution in [0.3, 0.4) is 0 Å². The van der Waals surface area contributed by atoms with E-state index in [4.69, 9.17) is 5.73 Å². The van der Waals surface area contributed by atoms with Gasteiger partial charge in [0.1, 0.15) is 12.2 Å². The number of primary amides is 1. The van der Waals surface area contributed by atoms with Crippen LogP contribution >= 0.6 is 0 Å². The lowest BCUT2D eigenvalue weighted by molar-refractivity contribution is -0.384. The van der Waals surface area contributed by atoms with Gasteiger partial charge in [0.2, 0.25) is 11.8 Å². The molecule has 0 aromatic heterocycles. The monoisotopic (exact) mass is 396 g/mol. The maximum Gasteiger partial charge on any atom is 0.270 e. The first-order valence-electron chi connectivity index (χ1n) is 8.90. The molecule has 2 aliphatic rings. The van der Waals surface area contributed by atoms with Gasteiger partial charge in [0.25, 0.3) is 5.69 Å². The number of amides is 2. The van der Waals surface area contributed by atoms with E-state index in [2.05, 4.69) is 9.97 Å². The van der Waals surface area contributed by atoms with E-state index in [0.717, 1.165) is 0 Å². The average Bonchev–Trinajstić information content (AvgIpc) is 3.09. The number of pyridine rings is 1. The summed E-state index contributed by atoms with van der Waals surface area (Å²) in [7, 11) is 0. The van der Waals surface area contributed by atoms with Gasteiger partial charge in [0.05, 0.1) is 17.2 Å². The van der Waals surface area contributed by atoms with E-state index in [9.17, 15) is 19.7 Å². The molecule has 0 radical (unpaired) electrons. The van der Waals surface area contributed by atoms with E-state index in [1.165, 1.54) is 17.0 Å². The largest absolute Gasteiger partial charge is 0.368 e. The maximum atomic E-state index is 12.6. The number of nitrogens with two attached hydrogens (primary N) is 1. The van der Waals surface area contributed by atoms with Gasteiger partial charge in [-0.25, -0.2) is 9.97 Å². The summed E-state index contributed by atoms with van der Waals surface area (Å²) in [5.41, 5.74) is 6.87. The molecule has 150 valence electrons. The molecule has 29 heavy (non-hydrogen) atoms. The summed E-state index contributed by atoms with van der Waals surface area (Å²) < 4.78 is 1.65. The van der Waals surface area contributed by atoms with Crippen molar-refractivity contribution in [3.63, 3.8) is 0 Å². The fourth-order valence-electron chi connectivity index (χ4n) is 2.91. The number of carbonyl (C=O) groups excluding carboxylic acids is 2. The molecule has 2 amide bonds. The highest BCUT2D eigenvalue weighted by atomic mass is 16.6. The molecule has 10 heteroatoms. The summed E-state index contributed by atoms with van der Waals surface area (Å²) in [6.07, 6.45) is 3.36. The van der Waals surface area contributed by atoms with Crippen LogP contribution in [-0.2, 0) is 16.1 Å². The van der Waals surface area contributed by atoms with Gasteiger partial charge in [-0.1, -0.05) is 12.1 Å². The Labute approximate surface area is 166 Å². The standard InChI is InChI=1S/C19H20N6O4/c1-12(2)24(10-17(20)26)18(27)11-23-7-6-15-16(9-23)22-19(21-15)13-4-3-5-14(8-13)25(28)29/h3-9,12H,10-11H2,1-2H3,(H2,20,26). The minimum Gasteiger partial charge on any atom is -0.368 e. The molecular formula is C19H20N6O4. The molecule has 3 rings (SSSR count). The Morgan fingerprint density at radius 2 is 1.97 bits per heavy atom. The van der Waals surface area contributed by atoms with Crippen molar-refractivity contribution in [1.29, 1.82) is 0 Å². The molecule has 0 unspecified atom stereocenters. The van der Waals surface area contributed by atoms with Crippen molar-refractivity contribution >= 4 is 17.5 Å². The molecule has 0 saturated heterocycles. The van der Waals surface area contributed by atoms with Crippen LogP contribution in [0.5, 0.6) is 0 Å². The highest BCUT2D eigenvalue weighted by Crippen LogP contribution is 2.26. The van der Waals surface area contributed by atoms with Crippen LogP contribution in [0, 0.1) is 10.1 Å². The minimum absolute atomic E-state index is 0.0143. The van der Waals surface area contributed by atoms with Gasteiger partial charge in [-0.05, 0) is 19.9 Å². The number of nitro groups is 1. The SMILES string of the molecule is CC(C)N(CC(N)=O)C(=O)Cn1ccc2nc(-c3cccc([N+](=O)[O-])c3)nc-2c1. The van der Waals surface area contributed by atoms with Gasteiger partial charge in [0, 0.05) is 36.1 Å². The van der Waals surface area contributed by atoms with E-state index < -0.39 is 10.8 Å². The fourth-order valence-corrected chi connectivity index (χ4v) is 2.91. The zero-order chi connectivity index (χ0) is 21.1. The topological polar surface area (TPSA) is 137 Å². The Morgan fingerprint density at radius 3 is 2.62 bits per heavy atom. The van der Waals surface area contributed by atoms with Crippen LogP contribution in [0.1, 0.15) is 13.8 Å².